The van der Waals surface area contributed by atoms with Crippen molar-refractivity contribution in [3.63, 3.8) is 0 Å². The van der Waals surface area contributed by atoms with Crippen LogP contribution in [0.25, 0.3) is 0 Å². The monoisotopic (exact) mass is 169 g/mol. The summed E-state index contributed by atoms with van der Waals surface area (Å²) < 4.78 is 0. The van der Waals surface area contributed by atoms with Crippen molar-refractivity contribution < 1.29 is 0 Å². The lowest BCUT2D eigenvalue weighted by molar-refractivity contribution is 0.918. The molecule has 60 valence electrons. The predicted octanol–water partition coefficient (Wildman–Crippen LogP) is 0.782. The minimum atomic E-state index is 0.485. The smallest absolute Gasteiger partial charge is 0.188 e. The van der Waals surface area contributed by atoms with Gasteiger partial charge in [-0.1, -0.05) is 6.07 Å². The third-order valence-corrected chi connectivity index (χ3v) is 2.14. The SMILES string of the molecule is CN=C(N)NCc1cccs1. The number of nitrogens with two attached hydrogens (primary N) is 1. The Bertz CT molecular complexity index is 228. The molecule has 0 atom stereocenters. The lowest BCUT2D eigenvalue weighted by Crippen LogP contribution is -2.30. The molecule has 0 aliphatic carbocycles. The Morgan fingerprint density at radius 2 is 2.64 bits per heavy atom. The van der Waals surface area contributed by atoms with E-state index in [1.165, 1.54) is 4.88 Å². The molecule has 0 saturated heterocycles. The number of aliphatic imine (C=N–C) groups is 1. The van der Waals surface area contributed by atoms with Crippen LogP contribution >= 0.6 is 11.3 Å². The quantitative estimate of drug-likeness (QED) is 0.508. The Morgan fingerprint density at radius 1 is 1.82 bits per heavy atom. The second-order valence-corrected chi connectivity index (χ2v) is 3.07. The van der Waals surface area contributed by atoms with Crippen LogP contribution in [0.5, 0.6) is 0 Å². The largest absolute Gasteiger partial charge is 0.370 e. The molecular weight excluding hydrogens is 158 g/mol. The Hall–Kier alpha value is -1.03. The molecule has 1 heterocycles. The zero-order valence-electron chi connectivity index (χ0n) is 6.37. The van der Waals surface area contributed by atoms with Crippen molar-refractivity contribution in [1.82, 2.24) is 5.32 Å². The number of guanidine groups is 1. The number of nitrogens with one attached hydrogen (secondary N) is 1. The van der Waals surface area contributed by atoms with Crippen LogP contribution in [0, 0.1) is 0 Å². The Kier molecular flexibility index (Phi) is 2.92. The van der Waals surface area contributed by atoms with Crippen LogP contribution in [0.1, 0.15) is 4.88 Å². The fraction of sp³-hybridized carbons (Fsp3) is 0.286. The molecule has 0 unspecified atom stereocenters. The molecule has 3 nitrogen and oxygen atoms in total. The standard InChI is InChI=1S/C7H11N3S/c1-9-7(8)10-5-6-3-2-4-11-6/h2-4H,5H2,1H3,(H3,8,9,10). The molecular formula is C7H11N3S. The number of hydrogen-bond acceptors (Lipinski definition) is 2. The molecule has 11 heavy (non-hydrogen) atoms. The number of nitrogens with zero attached hydrogens (tertiary/aromatic N) is 1. The van der Waals surface area contributed by atoms with E-state index in [0.29, 0.717) is 5.96 Å². The maximum absolute atomic E-state index is 5.43. The summed E-state index contributed by atoms with van der Waals surface area (Å²) in [5.74, 6) is 0.485. The van der Waals surface area contributed by atoms with Gasteiger partial charge in [-0.05, 0) is 11.4 Å². The van der Waals surface area contributed by atoms with Crippen LogP contribution in [-0.4, -0.2) is 13.0 Å². The minimum absolute atomic E-state index is 0.485. The van der Waals surface area contributed by atoms with Gasteiger partial charge in [-0.2, -0.15) is 0 Å². The molecule has 4 heteroatoms. The zero-order chi connectivity index (χ0) is 8.10. The normalized spacial score (nSPS) is 11.5. The maximum Gasteiger partial charge on any atom is 0.188 e. The summed E-state index contributed by atoms with van der Waals surface area (Å²) in [7, 11) is 1.66. The van der Waals surface area contributed by atoms with Gasteiger partial charge in [0, 0.05) is 11.9 Å². The number of hydrogen-bond donors (Lipinski definition) is 2. The van der Waals surface area contributed by atoms with Crippen molar-refractivity contribution >= 4 is 17.3 Å². The third-order valence-electron chi connectivity index (χ3n) is 1.26. The topological polar surface area (TPSA) is 50.4 Å². The van der Waals surface area contributed by atoms with Gasteiger partial charge in [-0.15, -0.1) is 11.3 Å². The van der Waals surface area contributed by atoms with Crippen LogP contribution in [-0.2, 0) is 6.54 Å². The summed E-state index contributed by atoms with van der Waals surface area (Å²) in [4.78, 5) is 5.04. The van der Waals surface area contributed by atoms with Crippen molar-refractivity contribution in [3.8, 4) is 0 Å². The van der Waals surface area contributed by atoms with Crippen LogP contribution in [0.15, 0.2) is 22.5 Å². The van der Waals surface area contributed by atoms with E-state index in [1.807, 2.05) is 11.4 Å². The van der Waals surface area contributed by atoms with Crippen molar-refractivity contribution in [2.45, 2.75) is 6.54 Å². The zero-order valence-corrected chi connectivity index (χ0v) is 7.19. The summed E-state index contributed by atoms with van der Waals surface area (Å²) in [6, 6.07) is 4.07. The van der Waals surface area contributed by atoms with Gasteiger partial charge in [0.05, 0.1) is 6.54 Å². The molecule has 0 fully saturated rings. The minimum Gasteiger partial charge on any atom is -0.370 e. The lowest BCUT2D eigenvalue weighted by atomic mass is 10.5. The highest BCUT2D eigenvalue weighted by Gasteiger charge is 1.92. The highest BCUT2D eigenvalue weighted by atomic mass is 32.1. The summed E-state index contributed by atoms with van der Waals surface area (Å²) in [5, 5.41) is 5.01. The van der Waals surface area contributed by atoms with Crippen molar-refractivity contribution in [2.24, 2.45) is 10.7 Å². The van der Waals surface area contributed by atoms with E-state index in [0.717, 1.165) is 6.54 Å². The molecule has 1 rings (SSSR count). The van der Waals surface area contributed by atoms with Gasteiger partial charge < -0.3 is 11.1 Å². The summed E-state index contributed by atoms with van der Waals surface area (Å²) in [5.41, 5.74) is 5.43. The maximum atomic E-state index is 5.43. The van der Waals surface area contributed by atoms with E-state index >= 15 is 0 Å². The fourth-order valence-electron chi connectivity index (χ4n) is 0.670. The average Bonchev–Trinajstić information content (AvgIpc) is 2.52. The second kappa shape index (κ2) is 3.98. The Morgan fingerprint density at radius 3 is 3.18 bits per heavy atom. The summed E-state index contributed by atoms with van der Waals surface area (Å²) in [6.07, 6.45) is 0. The molecule has 0 radical (unpaired) electrons. The highest BCUT2D eigenvalue weighted by Crippen LogP contribution is 2.06. The van der Waals surface area contributed by atoms with E-state index in [9.17, 15) is 0 Å². The Balaban J connectivity index is 2.35. The first-order valence-corrected chi connectivity index (χ1v) is 4.19. The van der Waals surface area contributed by atoms with Crippen molar-refractivity contribution in [2.75, 3.05) is 7.05 Å². The van der Waals surface area contributed by atoms with Crippen LogP contribution in [0.4, 0.5) is 0 Å². The second-order valence-electron chi connectivity index (χ2n) is 2.04. The van der Waals surface area contributed by atoms with E-state index in [2.05, 4.69) is 16.4 Å². The van der Waals surface area contributed by atoms with Gasteiger partial charge in [0.1, 0.15) is 0 Å². The van der Waals surface area contributed by atoms with E-state index in [1.54, 1.807) is 18.4 Å². The molecule has 0 aromatic carbocycles. The average molecular weight is 169 g/mol. The van der Waals surface area contributed by atoms with E-state index in [-0.39, 0.29) is 0 Å². The van der Waals surface area contributed by atoms with Gasteiger partial charge >= 0.3 is 0 Å². The van der Waals surface area contributed by atoms with Crippen molar-refractivity contribution in [3.05, 3.63) is 22.4 Å². The van der Waals surface area contributed by atoms with Gasteiger partial charge in [0.2, 0.25) is 0 Å². The predicted molar refractivity (Wildman–Crippen MR) is 48.7 cm³/mol. The molecule has 0 bridgehead atoms. The van der Waals surface area contributed by atoms with Crippen LogP contribution in [0.3, 0.4) is 0 Å². The van der Waals surface area contributed by atoms with E-state index < -0.39 is 0 Å². The highest BCUT2D eigenvalue weighted by molar-refractivity contribution is 7.09. The molecule has 0 saturated carbocycles. The van der Waals surface area contributed by atoms with Crippen LogP contribution in [0.2, 0.25) is 0 Å². The molecule has 0 aliphatic heterocycles. The molecule has 1 aromatic rings. The molecule has 1 aromatic heterocycles. The number of thiophene rings is 1. The van der Waals surface area contributed by atoms with Gasteiger partial charge in [0.25, 0.3) is 0 Å². The summed E-state index contributed by atoms with van der Waals surface area (Å²) in [6.45, 7) is 0.765. The summed E-state index contributed by atoms with van der Waals surface area (Å²) >= 11 is 1.70. The molecule has 3 N–H and O–H groups in total. The third kappa shape index (κ3) is 2.59. The molecule has 0 spiro atoms. The lowest BCUT2D eigenvalue weighted by Gasteiger charge is -2.00. The molecule has 0 aliphatic rings. The van der Waals surface area contributed by atoms with Crippen LogP contribution < -0.4 is 11.1 Å². The van der Waals surface area contributed by atoms with Gasteiger partial charge in [-0.25, -0.2) is 0 Å². The van der Waals surface area contributed by atoms with Crippen molar-refractivity contribution in [1.29, 1.82) is 0 Å². The Labute approximate surface area is 70.0 Å². The fourth-order valence-corrected chi connectivity index (χ4v) is 1.31. The van der Waals surface area contributed by atoms with Gasteiger partial charge in [-0.3, -0.25) is 4.99 Å². The van der Waals surface area contributed by atoms with E-state index in [4.69, 9.17) is 5.73 Å². The first-order valence-electron chi connectivity index (χ1n) is 3.31. The first kappa shape index (κ1) is 8.07. The number of rotatable bonds is 2. The van der Waals surface area contributed by atoms with Gasteiger partial charge in [0.15, 0.2) is 5.96 Å². The first-order chi connectivity index (χ1) is 5.33. The molecule has 0 amide bonds.